The Labute approximate surface area is 174 Å². The lowest BCUT2D eigenvalue weighted by Crippen LogP contribution is -2.38. The zero-order valence-corrected chi connectivity index (χ0v) is 18.1. The lowest BCUT2D eigenvalue weighted by Gasteiger charge is -2.10. The zero-order chi connectivity index (χ0) is 17.5. The molecule has 0 bridgehead atoms. The van der Waals surface area contributed by atoms with E-state index in [1.165, 1.54) is 4.88 Å². The molecule has 0 fully saturated rings. The predicted molar refractivity (Wildman–Crippen MR) is 116 cm³/mol. The molecule has 9 heteroatoms. The monoisotopic (exact) mass is 485 g/mol. The van der Waals surface area contributed by atoms with Gasteiger partial charge in [-0.15, -0.1) is 45.5 Å². The summed E-state index contributed by atoms with van der Waals surface area (Å²) in [5, 5.41) is 16.1. The van der Waals surface area contributed by atoms with E-state index in [4.69, 9.17) is 0 Å². The summed E-state index contributed by atoms with van der Waals surface area (Å²) in [6.45, 7) is 6.34. The van der Waals surface area contributed by atoms with Gasteiger partial charge in [0.2, 0.25) is 0 Å². The number of aromatic nitrogens is 4. The Morgan fingerprint density at radius 1 is 1.23 bits per heavy atom. The number of hydrogen-bond acceptors (Lipinski definition) is 5. The highest BCUT2D eigenvalue weighted by Crippen LogP contribution is 2.13. The Morgan fingerprint density at radius 2 is 2.12 bits per heavy atom. The van der Waals surface area contributed by atoms with Crippen molar-refractivity contribution < 1.29 is 0 Å². The highest BCUT2D eigenvalue weighted by Gasteiger charge is 2.05. The van der Waals surface area contributed by atoms with E-state index in [-0.39, 0.29) is 24.0 Å². The van der Waals surface area contributed by atoms with E-state index in [0.29, 0.717) is 6.54 Å². The summed E-state index contributed by atoms with van der Waals surface area (Å²) in [4.78, 5) is 10.3. The van der Waals surface area contributed by atoms with Crippen molar-refractivity contribution in [3.05, 3.63) is 46.3 Å². The van der Waals surface area contributed by atoms with E-state index in [9.17, 15) is 0 Å². The molecule has 3 aromatic rings. The SMILES string of the molecule is CCNC(=NCc1ncc(CC)s1)NCCc1nnc2ccccn12.I. The molecule has 3 rings (SSSR count). The molecule has 0 spiro atoms. The molecule has 0 aromatic carbocycles. The van der Waals surface area contributed by atoms with Crippen LogP contribution in [-0.2, 0) is 19.4 Å². The summed E-state index contributed by atoms with van der Waals surface area (Å²) in [6, 6.07) is 5.90. The van der Waals surface area contributed by atoms with Crippen LogP contribution in [0.4, 0.5) is 0 Å². The minimum Gasteiger partial charge on any atom is -0.357 e. The Morgan fingerprint density at radius 3 is 2.88 bits per heavy atom. The van der Waals surface area contributed by atoms with Gasteiger partial charge < -0.3 is 10.6 Å². The number of thiazole rings is 1. The molecule has 0 radical (unpaired) electrons. The number of nitrogens with zero attached hydrogens (tertiary/aromatic N) is 5. The third-order valence-corrected chi connectivity index (χ3v) is 4.82. The molecule has 0 atom stereocenters. The van der Waals surface area contributed by atoms with Crippen LogP contribution >= 0.6 is 35.3 Å². The molecule has 3 heterocycles. The van der Waals surface area contributed by atoms with Crippen LogP contribution in [-0.4, -0.2) is 38.6 Å². The summed E-state index contributed by atoms with van der Waals surface area (Å²) in [6.07, 6.45) is 5.71. The first-order valence-electron chi connectivity index (χ1n) is 8.54. The highest BCUT2D eigenvalue weighted by atomic mass is 127. The third kappa shape index (κ3) is 5.37. The first-order valence-corrected chi connectivity index (χ1v) is 9.36. The van der Waals surface area contributed by atoms with Gasteiger partial charge in [-0.25, -0.2) is 9.98 Å². The van der Waals surface area contributed by atoms with Crippen LogP contribution in [0.15, 0.2) is 35.6 Å². The highest BCUT2D eigenvalue weighted by molar-refractivity contribution is 14.0. The maximum absolute atomic E-state index is 4.61. The van der Waals surface area contributed by atoms with E-state index in [1.54, 1.807) is 11.3 Å². The lowest BCUT2D eigenvalue weighted by molar-refractivity contribution is 0.763. The molecule has 140 valence electrons. The van der Waals surface area contributed by atoms with Crippen LogP contribution in [0, 0.1) is 0 Å². The summed E-state index contributed by atoms with van der Waals surface area (Å²) in [5.74, 6) is 1.73. The van der Waals surface area contributed by atoms with Crippen LogP contribution in [0.2, 0.25) is 0 Å². The van der Waals surface area contributed by atoms with Crippen molar-refractivity contribution in [1.29, 1.82) is 0 Å². The Balaban J connectivity index is 0.00000243. The second-order valence-corrected chi connectivity index (χ2v) is 6.69. The van der Waals surface area contributed by atoms with E-state index in [2.05, 4.69) is 44.7 Å². The van der Waals surface area contributed by atoms with Gasteiger partial charge in [-0.1, -0.05) is 13.0 Å². The van der Waals surface area contributed by atoms with Crippen LogP contribution in [0.5, 0.6) is 0 Å². The Hall–Kier alpha value is -1.75. The number of halogens is 1. The van der Waals surface area contributed by atoms with Gasteiger partial charge in [-0.05, 0) is 25.5 Å². The van der Waals surface area contributed by atoms with Crippen molar-refractivity contribution in [3.8, 4) is 0 Å². The summed E-state index contributed by atoms with van der Waals surface area (Å²) in [5.41, 5.74) is 0.869. The van der Waals surface area contributed by atoms with Gasteiger partial charge in [0.15, 0.2) is 11.6 Å². The maximum Gasteiger partial charge on any atom is 0.191 e. The number of rotatable bonds is 7. The number of aliphatic imine (C=N–C) groups is 1. The van der Waals surface area contributed by atoms with Crippen LogP contribution in [0.1, 0.15) is 29.6 Å². The number of fused-ring (bicyclic) bond motifs is 1. The fourth-order valence-corrected chi connectivity index (χ4v) is 3.21. The molecule has 26 heavy (non-hydrogen) atoms. The number of nitrogens with one attached hydrogen (secondary N) is 2. The molecular formula is C17H24IN7S. The summed E-state index contributed by atoms with van der Waals surface area (Å²) in [7, 11) is 0. The lowest BCUT2D eigenvalue weighted by atomic mass is 10.4. The molecule has 0 saturated heterocycles. The fourth-order valence-electron chi connectivity index (χ4n) is 2.43. The maximum atomic E-state index is 4.61. The summed E-state index contributed by atoms with van der Waals surface area (Å²) >= 11 is 1.72. The molecule has 0 unspecified atom stereocenters. The molecule has 7 nitrogen and oxygen atoms in total. The van der Waals surface area contributed by atoms with E-state index in [1.807, 2.05) is 35.0 Å². The van der Waals surface area contributed by atoms with Crippen LogP contribution in [0.25, 0.3) is 5.65 Å². The molecule has 0 aliphatic rings. The van der Waals surface area contributed by atoms with Crippen molar-refractivity contribution in [3.63, 3.8) is 0 Å². The van der Waals surface area contributed by atoms with Gasteiger partial charge in [-0.2, -0.15) is 0 Å². The van der Waals surface area contributed by atoms with E-state index in [0.717, 1.165) is 48.4 Å². The second kappa shape index (κ2) is 10.4. The van der Waals surface area contributed by atoms with Gasteiger partial charge in [0, 0.05) is 36.8 Å². The number of hydrogen-bond donors (Lipinski definition) is 2. The minimum absolute atomic E-state index is 0. The Bertz CT molecular complexity index is 842. The fraction of sp³-hybridized carbons (Fsp3) is 0.412. The summed E-state index contributed by atoms with van der Waals surface area (Å²) < 4.78 is 2.01. The van der Waals surface area contributed by atoms with E-state index >= 15 is 0 Å². The van der Waals surface area contributed by atoms with Crippen molar-refractivity contribution in [2.45, 2.75) is 33.2 Å². The van der Waals surface area contributed by atoms with Crippen molar-refractivity contribution in [2.75, 3.05) is 13.1 Å². The molecule has 0 aliphatic carbocycles. The number of guanidine groups is 1. The van der Waals surface area contributed by atoms with Crippen molar-refractivity contribution >= 4 is 46.9 Å². The largest absolute Gasteiger partial charge is 0.357 e. The van der Waals surface area contributed by atoms with Gasteiger partial charge in [0.05, 0.1) is 6.54 Å². The zero-order valence-electron chi connectivity index (χ0n) is 15.0. The van der Waals surface area contributed by atoms with Gasteiger partial charge in [0.1, 0.15) is 10.8 Å². The van der Waals surface area contributed by atoms with Crippen molar-refractivity contribution in [2.24, 2.45) is 4.99 Å². The first-order chi connectivity index (χ1) is 12.3. The standard InChI is InChI=1S/C17H23N7S.HI/c1-3-13-11-20-16(25-13)12-21-17(18-4-2)19-9-8-15-23-22-14-7-5-6-10-24(14)15;/h5-7,10-11H,3-4,8-9,12H2,1-2H3,(H2,18,19,21);1H. The average molecular weight is 485 g/mol. The molecular weight excluding hydrogens is 461 g/mol. The topological polar surface area (TPSA) is 79.5 Å². The third-order valence-electron chi connectivity index (χ3n) is 3.69. The molecule has 0 aliphatic heterocycles. The number of pyridine rings is 1. The first kappa shape index (κ1) is 20.6. The normalized spacial score (nSPS) is 11.4. The molecule has 0 amide bonds. The predicted octanol–water partition coefficient (Wildman–Crippen LogP) is 2.66. The quantitative estimate of drug-likeness (QED) is 0.306. The average Bonchev–Trinajstić information content (AvgIpc) is 3.26. The van der Waals surface area contributed by atoms with Gasteiger partial charge >= 0.3 is 0 Å². The Kier molecular flexibility index (Phi) is 8.23. The number of aryl methyl sites for hydroxylation is 1. The van der Waals surface area contributed by atoms with E-state index < -0.39 is 0 Å². The van der Waals surface area contributed by atoms with Crippen molar-refractivity contribution in [1.82, 2.24) is 30.2 Å². The molecule has 2 N–H and O–H groups in total. The van der Waals surface area contributed by atoms with Gasteiger partial charge in [0.25, 0.3) is 0 Å². The molecule has 3 aromatic heterocycles. The second-order valence-electron chi connectivity index (χ2n) is 5.49. The smallest absolute Gasteiger partial charge is 0.191 e. The van der Waals surface area contributed by atoms with Crippen LogP contribution < -0.4 is 10.6 Å². The minimum atomic E-state index is 0. The molecule has 0 saturated carbocycles. The van der Waals surface area contributed by atoms with Gasteiger partial charge in [-0.3, -0.25) is 4.40 Å². The van der Waals surface area contributed by atoms with Crippen LogP contribution in [0.3, 0.4) is 0 Å².